The number of amides is 1. The number of hydrogen-bond acceptors (Lipinski definition) is 6. The Labute approximate surface area is 201 Å². The molecule has 0 radical (unpaired) electrons. The number of carbonyl (C=O) groups is 1. The van der Waals surface area contributed by atoms with Crippen molar-refractivity contribution in [3.8, 4) is 28.5 Å². The molecule has 4 rings (SSSR count). The van der Waals surface area contributed by atoms with Crippen molar-refractivity contribution in [1.29, 1.82) is 0 Å². The molecule has 0 atom stereocenters. The molecular formula is C27H33N3O4. The first kappa shape index (κ1) is 23.8. The van der Waals surface area contributed by atoms with E-state index in [1.54, 1.807) is 21.3 Å². The third-order valence-corrected chi connectivity index (χ3v) is 6.38. The van der Waals surface area contributed by atoms with Crippen LogP contribution in [-0.2, 0) is 0 Å². The number of para-hydroxylation sites is 1. The topological polar surface area (TPSA) is 72.9 Å². The normalized spacial score (nSPS) is 14.7. The zero-order valence-corrected chi connectivity index (χ0v) is 20.4. The average molecular weight is 464 g/mol. The van der Waals surface area contributed by atoms with Crippen LogP contribution >= 0.6 is 0 Å². The Hall–Kier alpha value is -3.32. The van der Waals surface area contributed by atoms with Crippen molar-refractivity contribution in [2.45, 2.75) is 32.2 Å². The first-order chi connectivity index (χ1) is 16.6. The number of methoxy groups -OCH3 is 3. The Balaban J connectivity index is 1.69. The van der Waals surface area contributed by atoms with Crippen LogP contribution in [0.5, 0.6) is 17.2 Å². The summed E-state index contributed by atoms with van der Waals surface area (Å²) in [5, 5.41) is 4.10. The van der Waals surface area contributed by atoms with Crippen LogP contribution in [0.1, 0.15) is 36.5 Å². The number of pyridine rings is 1. The lowest BCUT2D eigenvalue weighted by molar-refractivity contribution is 0.0913. The molecule has 0 aliphatic carbocycles. The molecule has 34 heavy (non-hydrogen) atoms. The molecule has 0 spiro atoms. The quantitative estimate of drug-likeness (QED) is 0.529. The van der Waals surface area contributed by atoms with Gasteiger partial charge < -0.3 is 24.4 Å². The molecule has 0 bridgehead atoms. The van der Waals surface area contributed by atoms with Gasteiger partial charge in [0.1, 0.15) is 0 Å². The molecule has 7 heteroatoms. The number of piperidine rings is 1. The lowest BCUT2D eigenvalue weighted by Gasteiger charge is -2.32. The Morgan fingerprint density at radius 1 is 1.03 bits per heavy atom. The molecule has 0 unspecified atom stereocenters. The van der Waals surface area contributed by atoms with Gasteiger partial charge in [0.05, 0.1) is 38.1 Å². The number of nitrogens with one attached hydrogen (secondary N) is 1. The third kappa shape index (κ3) is 4.94. The standard InChI is InChI=1S/C27H33N3O4/c1-5-12-30-13-10-19(11-14-30)28-27(31)21-17-23(29-22-9-7-6-8-20(21)22)18-15-24(32-2)26(34-4)25(16-18)33-3/h6-9,15-17,19H,5,10-14H2,1-4H3,(H,28,31). The highest BCUT2D eigenvalue weighted by molar-refractivity contribution is 6.07. The summed E-state index contributed by atoms with van der Waals surface area (Å²) in [5.41, 5.74) is 2.82. The number of carbonyl (C=O) groups excluding carboxylic acids is 1. The van der Waals surface area contributed by atoms with Crippen molar-refractivity contribution >= 4 is 16.8 Å². The molecule has 1 aromatic heterocycles. The Morgan fingerprint density at radius 3 is 2.32 bits per heavy atom. The molecule has 1 saturated heterocycles. The van der Waals surface area contributed by atoms with E-state index in [1.807, 2.05) is 42.5 Å². The fourth-order valence-electron chi connectivity index (χ4n) is 4.62. The molecule has 1 N–H and O–H groups in total. The molecule has 0 saturated carbocycles. The number of aromatic nitrogens is 1. The number of nitrogens with zero attached hydrogens (tertiary/aromatic N) is 2. The largest absolute Gasteiger partial charge is 0.493 e. The predicted molar refractivity (Wildman–Crippen MR) is 134 cm³/mol. The highest BCUT2D eigenvalue weighted by Crippen LogP contribution is 2.41. The predicted octanol–water partition coefficient (Wildman–Crippen LogP) is 4.53. The maximum absolute atomic E-state index is 13.4. The van der Waals surface area contributed by atoms with E-state index in [4.69, 9.17) is 19.2 Å². The number of fused-ring (bicyclic) bond motifs is 1. The molecule has 3 aromatic rings. The minimum absolute atomic E-state index is 0.0683. The first-order valence-corrected chi connectivity index (χ1v) is 11.8. The van der Waals surface area contributed by atoms with Gasteiger partial charge in [-0.2, -0.15) is 0 Å². The van der Waals surface area contributed by atoms with Gasteiger partial charge in [-0.15, -0.1) is 0 Å². The monoisotopic (exact) mass is 463 g/mol. The second-order valence-electron chi connectivity index (χ2n) is 8.58. The van der Waals surface area contributed by atoms with Crippen LogP contribution in [-0.4, -0.2) is 62.8 Å². The van der Waals surface area contributed by atoms with E-state index in [-0.39, 0.29) is 11.9 Å². The number of likely N-dealkylation sites (tertiary alicyclic amines) is 1. The SMILES string of the molecule is CCCN1CCC(NC(=O)c2cc(-c3cc(OC)c(OC)c(OC)c3)nc3ccccc23)CC1. The zero-order chi connectivity index (χ0) is 24.1. The second-order valence-corrected chi connectivity index (χ2v) is 8.58. The van der Waals surface area contributed by atoms with Crippen molar-refractivity contribution in [3.05, 3.63) is 48.0 Å². The molecule has 1 aliphatic heterocycles. The fraction of sp³-hybridized carbons (Fsp3) is 0.407. The van der Waals surface area contributed by atoms with Gasteiger partial charge in [0, 0.05) is 30.1 Å². The van der Waals surface area contributed by atoms with Crippen LogP contribution in [0.4, 0.5) is 0 Å². The van der Waals surface area contributed by atoms with Gasteiger partial charge in [-0.1, -0.05) is 25.1 Å². The van der Waals surface area contributed by atoms with Crippen molar-refractivity contribution in [2.75, 3.05) is 41.0 Å². The molecule has 1 amide bonds. The average Bonchev–Trinajstić information content (AvgIpc) is 2.88. The highest BCUT2D eigenvalue weighted by Gasteiger charge is 2.23. The summed E-state index contributed by atoms with van der Waals surface area (Å²) in [6.45, 7) is 5.36. The number of hydrogen-bond donors (Lipinski definition) is 1. The minimum atomic E-state index is -0.0683. The first-order valence-electron chi connectivity index (χ1n) is 11.8. The van der Waals surface area contributed by atoms with Crippen LogP contribution in [0, 0.1) is 0 Å². The minimum Gasteiger partial charge on any atom is -0.493 e. The van der Waals surface area contributed by atoms with Gasteiger partial charge in [-0.3, -0.25) is 4.79 Å². The van der Waals surface area contributed by atoms with Crippen LogP contribution in [0.3, 0.4) is 0 Å². The lowest BCUT2D eigenvalue weighted by Crippen LogP contribution is -2.44. The van der Waals surface area contributed by atoms with Crippen molar-refractivity contribution in [2.24, 2.45) is 0 Å². The summed E-state index contributed by atoms with van der Waals surface area (Å²) in [6.07, 6.45) is 3.09. The van der Waals surface area contributed by atoms with E-state index in [0.29, 0.717) is 28.5 Å². The summed E-state index contributed by atoms with van der Waals surface area (Å²) < 4.78 is 16.5. The smallest absolute Gasteiger partial charge is 0.252 e. The Bertz CT molecular complexity index is 1130. The van der Waals surface area contributed by atoms with Crippen molar-refractivity contribution in [3.63, 3.8) is 0 Å². The molecule has 1 fully saturated rings. The van der Waals surface area contributed by atoms with Crippen molar-refractivity contribution < 1.29 is 19.0 Å². The van der Waals surface area contributed by atoms with Gasteiger partial charge in [0.25, 0.3) is 5.91 Å². The van der Waals surface area contributed by atoms with Gasteiger partial charge in [0.2, 0.25) is 5.75 Å². The highest BCUT2D eigenvalue weighted by atomic mass is 16.5. The Kier molecular flexibility index (Phi) is 7.53. The molecular weight excluding hydrogens is 430 g/mol. The number of ether oxygens (including phenoxy) is 3. The number of benzene rings is 2. The summed E-state index contributed by atoms with van der Waals surface area (Å²) in [6, 6.07) is 13.5. The molecule has 7 nitrogen and oxygen atoms in total. The van der Waals surface area contributed by atoms with E-state index in [1.165, 1.54) is 0 Å². The summed E-state index contributed by atoms with van der Waals surface area (Å²) in [7, 11) is 4.74. The van der Waals surface area contributed by atoms with E-state index < -0.39 is 0 Å². The van der Waals surface area contributed by atoms with Gasteiger partial charge in [0.15, 0.2) is 11.5 Å². The van der Waals surface area contributed by atoms with Gasteiger partial charge in [-0.25, -0.2) is 4.98 Å². The molecule has 180 valence electrons. The summed E-state index contributed by atoms with van der Waals surface area (Å²) in [5.74, 6) is 1.52. The van der Waals surface area contributed by atoms with Crippen molar-refractivity contribution in [1.82, 2.24) is 15.2 Å². The molecule has 2 heterocycles. The molecule has 2 aromatic carbocycles. The third-order valence-electron chi connectivity index (χ3n) is 6.38. The van der Waals surface area contributed by atoms with Gasteiger partial charge in [-0.05, 0) is 50.1 Å². The maximum Gasteiger partial charge on any atom is 0.252 e. The maximum atomic E-state index is 13.4. The van der Waals surface area contributed by atoms with Crippen LogP contribution < -0.4 is 19.5 Å². The van der Waals surface area contributed by atoms with Crippen LogP contribution in [0.15, 0.2) is 42.5 Å². The van der Waals surface area contributed by atoms with E-state index in [2.05, 4.69) is 17.1 Å². The van der Waals surface area contributed by atoms with E-state index >= 15 is 0 Å². The number of rotatable bonds is 8. The Morgan fingerprint density at radius 2 is 1.71 bits per heavy atom. The van der Waals surface area contributed by atoms with Gasteiger partial charge >= 0.3 is 0 Å². The fourth-order valence-corrected chi connectivity index (χ4v) is 4.62. The van der Waals surface area contributed by atoms with Crippen LogP contribution in [0.2, 0.25) is 0 Å². The second kappa shape index (κ2) is 10.7. The van der Waals surface area contributed by atoms with E-state index in [9.17, 15) is 4.79 Å². The summed E-state index contributed by atoms with van der Waals surface area (Å²) >= 11 is 0. The molecule has 1 aliphatic rings. The zero-order valence-electron chi connectivity index (χ0n) is 20.4. The lowest BCUT2D eigenvalue weighted by atomic mass is 10.0. The van der Waals surface area contributed by atoms with E-state index in [0.717, 1.165) is 55.4 Å². The van der Waals surface area contributed by atoms with Crippen LogP contribution in [0.25, 0.3) is 22.2 Å². The summed E-state index contributed by atoms with van der Waals surface area (Å²) in [4.78, 5) is 20.7.